The third-order valence-corrected chi connectivity index (χ3v) is 3.61. The van der Waals surface area contributed by atoms with Crippen LogP contribution in [0.15, 0.2) is 30.3 Å². The maximum Gasteiger partial charge on any atom is 0.410 e. The molecule has 0 radical (unpaired) electrons. The number of amides is 1. The Morgan fingerprint density at radius 2 is 2.00 bits per heavy atom. The van der Waals surface area contributed by atoms with Crippen molar-refractivity contribution in [2.45, 2.75) is 20.0 Å². The molecule has 0 spiro atoms. The van der Waals surface area contributed by atoms with E-state index in [0.717, 1.165) is 5.56 Å². The lowest BCUT2D eigenvalue weighted by Gasteiger charge is -2.21. The van der Waals surface area contributed by atoms with Crippen molar-refractivity contribution < 1.29 is 19.1 Å². The molecule has 1 heterocycles. The quantitative estimate of drug-likeness (QED) is 0.795. The molecule has 1 fully saturated rings. The number of hydrogen-bond acceptors (Lipinski definition) is 4. The molecule has 0 N–H and O–H groups in total. The zero-order valence-corrected chi connectivity index (χ0v) is 11.8. The fraction of sp³-hybridized carbons (Fsp3) is 0.467. The van der Waals surface area contributed by atoms with Crippen molar-refractivity contribution in [2.75, 3.05) is 20.2 Å². The highest BCUT2D eigenvalue weighted by Gasteiger charge is 2.43. The van der Waals surface area contributed by atoms with Crippen molar-refractivity contribution in [3.05, 3.63) is 35.9 Å². The number of methoxy groups -OCH3 is 1. The van der Waals surface area contributed by atoms with Gasteiger partial charge >= 0.3 is 12.1 Å². The molecular weight excluding hydrogens is 258 g/mol. The van der Waals surface area contributed by atoms with Crippen molar-refractivity contribution in [3.63, 3.8) is 0 Å². The maximum atomic E-state index is 12.0. The minimum atomic E-state index is -0.624. The fourth-order valence-corrected chi connectivity index (χ4v) is 2.34. The van der Waals surface area contributed by atoms with Gasteiger partial charge in [0.25, 0.3) is 0 Å². The Hall–Kier alpha value is -2.04. The largest absolute Gasteiger partial charge is 0.469 e. The molecule has 0 unspecified atom stereocenters. The summed E-state index contributed by atoms with van der Waals surface area (Å²) < 4.78 is 10.0. The molecule has 2 rings (SSSR count). The zero-order valence-electron chi connectivity index (χ0n) is 11.8. The van der Waals surface area contributed by atoms with Crippen molar-refractivity contribution in [1.29, 1.82) is 0 Å². The Morgan fingerprint density at radius 3 is 2.65 bits per heavy atom. The summed E-state index contributed by atoms with van der Waals surface area (Å²) in [7, 11) is 1.37. The molecule has 1 atom stereocenters. The summed E-state index contributed by atoms with van der Waals surface area (Å²) in [4.78, 5) is 25.2. The van der Waals surface area contributed by atoms with E-state index in [0.29, 0.717) is 19.5 Å². The van der Waals surface area contributed by atoms with Crippen LogP contribution in [0.5, 0.6) is 0 Å². The molecule has 0 saturated carbocycles. The summed E-state index contributed by atoms with van der Waals surface area (Å²) in [6.07, 6.45) is 0.210. The van der Waals surface area contributed by atoms with Gasteiger partial charge in [0.2, 0.25) is 0 Å². The Balaban J connectivity index is 1.87. The van der Waals surface area contributed by atoms with Gasteiger partial charge in [-0.15, -0.1) is 0 Å². The van der Waals surface area contributed by atoms with Crippen LogP contribution in [-0.4, -0.2) is 37.2 Å². The van der Waals surface area contributed by atoms with Gasteiger partial charge in [-0.05, 0) is 18.9 Å². The van der Waals surface area contributed by atoms with Crippen LogP contribution in [0, 0.1) is 5.41 Å². The van der Waals surface area contributed by atoms with E-state index in [2.05, 4.69) is 0 Å². The van der Waals surface area contributed by atoms with Gasteiger partial charge in [0.15, 0.2) is 0 Å². The highest BCUT2D eigenvalue weighted by molar-refractivity contribution is 5.79. The summed E-state index contributed by atoms with van der Waals surface area (Å²) in [6, 6.07) is 9.50. The van der Waals surface area contributed by atoms with Crippen LogP contribution in [0.1, 0.15) is 18.9 Å². The van der Waals surface area contributed by atoms with Crippen LogP contribution < -0.4 is 0 Å². The predicted molar refractivity (Wildman–Crippen MR) is 72.9 cm³/mol. The second-order valence-electron chi connectivity index (χ2n) is 5.26. The first kappa shape index (κ1) is 14.4. The number of rotatable bonds is 3. The SMILES string of the molecule is COC(=O)[C@]1(C)CCN(C(=O)OCc2ccccc2)C1. The summed E-state index contributed by atoms with van der Waals surface area (Å²) in [5, 5.41) is 0. The Bertz CT molecular complexity index is 488. The number of nitrogens with zero attached hydrogens (tertiary/aromatic N) is 1. The van der Waals surface area contributed by atoms with E-state index in [1.54, 1.807) is 4.90 Å². The highest BCUT2D eigenvalue weighted by atomic mass is 16.6. The van der Waals surface area contributed by atoms with Crippen molar-refractivity contribution in [2.24, 2.45) is 5.41 Å². The number of carbonyl (C=O) groups is 2. The lowest BCUT2D eigenvalue weighted by molar-refractivity contribution is -0.150. The average Bonchev–Trinajstić information content (AvgIpc) is 2.89. The smallest absolute Gasteiger partial charge is 0.410 e. The summed E-state index contributed by atoms with van der Waals surface area (Å²) >= 11 is 0. The van der Waals surface area contributed by atoms with Gasteiger partial charge in [-0.25, -0.2) is 4.79 Å². The van der Waals surface area contributed by atoms with Crippen LogP contribution in [0.4, 0.5) is 4.79 Å². The summed E-state index contributed by atoms with van der Waals surface area (Å²) in [5.41, 5.74) is 0.316. The fourth-order valence-electron chi connectivity index (χ4n) is 2.34. The lowest BCUT2D eigenvalue weighted by Crippen LogP contribution is -2.35. The molecule has 1 aliphatic heterocycles. The van der Waals surface area contributed by atoms with Gasteiger partial charge in [-0.1, -0.05) is 30.3 Å². The first-order valence-corrected chi connectivity index (χ1v) is 6.59. The van der Waals surface area contributed by atoms with E-state index in [1.165, 1.54) is 7.11 Å². The van der Waals surface area contributed by atoms with Crippen LogP contribution in [-0.2, 0) is 20.9 Å². The number of esters is 1. The zero-order chi connectivity index (χ0) is 14.6. The van der Waals surface area contributed by atoms with Crippen LogP contribution in [0.2, 0.25) is 0 Å². The molecule has 20 heavy (non-hydrogen) atoms. The summed E-state index contributed by atoms with van der Waals surface area (Å²) in [6.45, 7) is 2.90. The minimum absolute atomic E-state index is 0.241. The number of ether oxygens (including phenoxy) is 2. The molecule has 0 aromatic heterocycles. The predicted octanol–water partition coefficient (Wildman–Crippen LogP) is 2.21. The van der Waals surface area contributed by atoms with Crippen LogP contribution in [0.3, 0.4) is 0 Å². The topological polar surface area (TPSA) is 55.8 Å². The first-order chi connectivity index (χ1) is 9.55. The van der Waals surface area contributed by atoms with Crippen LogP contribution in [0.25, 0.3) is 0 Å². The maximum absolute atomic E-state index is 12.0. The Labute approximate surface area is 118 Å². The van der Waals surface area contributed by atoms with E-state index in [9.17, 15) is 9.59 Å². The third kappa shape index (κ3) is 3.10. The van der Waals surface area contributed by atoms with Gasteiger partial charge in [-0.3, -0.25) is 4.79 Å². The highest BCUT2D eigenvalue weighted by Crippen LogP contribution is 2.31. The minimum Gasteiger partial charge on any atom is -0.469 e. The molecule has 1 amide bonds. The average molecular weight is 277 g/mol. The van der Waals surface area contributed by atoms with Gasteiger partial charge in [0.1, 0.15) is 6.61 Å². The molecule has 5 nitrogen and oxygen atoms in total. The number of likely N-dealkylation sites (tertiary alicyclic amines) is 1. The van der Waals surface area contributed by atoms with Gasteiger partial charge in [0, 0.05) is 13.1 Å². The molecule has 1 aromatic rings. The second-order valence-corrected chi connectivity index (χ2v) is 5.26. The van der Waals surface area contributed by atoms with Crippen molar-refractivity contribution in [1.82, 2.24) is 4.90 Å². The lowest BCUT2D eigenvalue weighted by atomic mass is 9.90. The second kappa shape index (κ2) is 5.94. The van der Waals surface area contributed by atoms with Crippen LogP contribution >= 0.6 is 0 Å². The van der Waals surface area contributed by atoms with Crippen molar-refractivity contribution in [3.8, 4) is 0 Å². The van der Waals surface area contributed by atoms with Gasteiger partial charge in [-0.2, -0.15) is 0 Å². The number of benzene rings is 1. The Morgan fingerprint density at radius 1 is 1.30 bits per heavy atom. The molecule has 108 valence electrons. The third-order valence-electron chi connectivity index (χ3n) is 3.61. The molecule has 1 saturated heterocycles. The Kier molecular flexibility index (Phi) is 4.27. The molecule has 0 bridgehead atoms. The standard InChI is InChI=1S/C15H19NO4/c1-15(13(17)19-2)8-9-16(11-15)14(18)20-10-12-6-4-3-5-7-12/h3-7H,8-11H2,1-2H3/t15-/m1/s1. The van der Waals surface area contributed by atoms with E-state index in [4.69, 9.17) is 9.47 Å². The molecule has 5 heteroatoms. The van der Waals surface area contributed by atoms with E-state index < -0.39 is 5.41 Å². The van der Waals surface area contributed by atoms with Crippen molar-refractivity contribution >= 4 is 12.1 Å². The molecule has 0 aliphatic carbocycles. The monoisotopic (exact) mass is 277 g/mol. The van der Waals surface area contributed by atoms with E-state index in [1.807, 2.05) is 37.3 Å². The van der Waals surface area contributed by atoms with E-state index >= 15 is 0 Å². The normalized spacial score (nSPS) is 21.6. The molecule has 1 aromatic carbocycles. The molecule has 1 aliphatic rings. The van der Waals surface area contributed by atoms with E-state index in [-0.39, 0.29) is 18.7 Å². The van der Waals surface area contributed by atoms with Gasteiger partial charge < -0.3 is 14.4 Å². The number of carbonyl (C=O) groups excluding carboxylic acids is 2. The molecular formula is C15H19NO4. The number of hydrogen-bond donors (Lipinski definition) is 0. The van der Waals surface area contributed by atoms with Gasteiger partial charge in [0.05, 0.1) is 12.5 Å². The first-order valence-electron chi connectivity index (χ1n) is 6.59. The summed E-state index contributed by atoms with van der Waals surface area (Å²) in [5.74, 6) is -0.282.